The van der Waals surface area contributed by atoms with Gasteiger partial charge in [0.05, 0.1) is 10.8 Å². The van der Waals surface area contributed by atoms with Crippen molar-refractivity contribution >= 4 is 23.3 Å². The van der Waals surface area contributed by atoms with E-state index in [1.807, 2.05) is 6.08 Å². The maximum absolute atomic E-state index is 12.0. The van der Waals surface area contributed by atoms with E-state index in [4.69, 9.17) is 4.74 Å². The molecule has 7 heteroatoms. The molecule has 1 aromatic rings. The van der Waals surface area contributed by atoms with Crippen LogP contribution >= 0.6 is 0 Å². The maximum Gasteiger partial charge on any atom is 0.310 e. The third-order valence-corrected chi connectivity index (χ3v) is 4.30. The zero-order chi connectivity index (χ0) is 16.4. The summed E-state index contributed by atoms with van der Waals surface area (Å²) in [6, 6.07) is 5.81. The van der Waals surface area contributed by atoms with Crippen LogP contribution in [-0.2, 0) is 14.3 Å². The summed E-state index contributed by atoms with van der Waals surface area (Å²) in [7, 11) is 0. The van der Waals surface area contributed by atoms with Crippen molar-refractivity contribution in [3.05, 3.63) is 46.5 Å². The number of nitro groups is 1. The van der Waals surface area contributed by atoms with Crippen molar-refractivity contribution in [3.63, 3.8) is 0 Å². The molecule has 0 aliphatic heterocycles. The lowest BCUT2D eigenvalue weighted by Crippen LogP contribution is -2.26. The number of allylic oxidation sites excluding steroid dienone is 2. The number of fused-ring (bicyclic) bond motifs is 2. The van der Waals surface area contributed by atoms with Crippen molar-refractivity contribution in [2.45, 2.75) is 12.8 Å². The van der Waals surface area contributed by atoms with Gasteiger partial charge >= 0.3 is 5.97 Å². The molecule has 0 radical (unpaired) electrons. The average Bonchev–Trinajstić information content (AvgIpc) is 3.16. The number of carbonyl (C=O) groups excluding carboxylic acids is 2. The van der Waals surface area contributed by atoms with Crippen molar-refractivity contribution in [2.75, 3.05) is 11.9 Å². The van der Waals surface area contributed by atoms with E-state index in [9.17, 15) is 19.7 Å². The van der Waals surface area contributed by atoms with E-state index in [1.54, 1.807) is 6.07 Å². The molecule has 1 N–H and O–H groups in total. The van der Waals surface area contributed by atoms with Crippen LogP contribution in [0.3, 0.4) is 0 Å². The number of rotatable bonds is 5. The third kappa shape index (κ3) is 3.23. The predicted octanol–water partition coefficient (Wildman–Crippen LogP) is 2.29. The molecule has 0 heterocycles. The number of anilines is 1. The number of ether oxygens (including phenoxy) is 1. The first-order chi connectivity index (χ1) is 11.0. The van der Waals surface area contributed by atoms with Gasteiger partial charge < -0.3 is 10.1 Å². The van der Waals surface area contributed by atoms with Gasteiger partial charge in [0.15, 0.2) is 6.61 Å². The van der Waals surface area contributed by atoms with Crippen LogP contribution in [0.5, 0.6) is 0 Å². The molecule has 23 heavy (non-hydrogen) atoms. The van der Waals surface area contributed by atoms with Gasteiger partial charge in [-0.15, -0.1) is 0 Å². The van der Waals surface area contributed by atoms with Gasteiger partial charge in [-0.1, -0.05) is 24.3 Å². The van der Waals surface area contributed by atoms with Crippen LogP contribution in [0, 0.1) is 27.9 Å². The van der Waals surface area contributed by atoms with Crippen LogP contribution in [-0.4, -0.2) is 23.4 Å². The van der Waals surface area contributed by atoms with Gasteiger partial charge in [-0.05, 0) is 30.7 Å². The van der Waals surface area contributed by atoms with E-state index in [-0.39, 0.29) is 29.2 Å². The Morgan fingerprint density at radius 1 is 1.26 bits per heavy atom. The molecule has 2 aliphatic rings. The molecule has 0 spiro atoms. The van der Waals surface area contributed by atoms with Crippen molar-refractivity contribution in [1.82, 2.24) is 0 Å². The van der Waals surface area contributed by atoms with E-state index in [0.717, 1.165) is 12.8 Å². The van der Waals surface area contributed by atoms with Gasteiger partial charge in [-0.25, -0.2) is 0 Å². The second-order valence-electron chi connectivity index (χ2n) is 5.82. The number of carbonyl (C=O) groups is 2. The Morgan fingerprint density at radius 3 is 2.70 bits per heavy atom. The van der Waals surface area contributed by atoms with E-state index < -0.39 is 17.4 Å². The first kappa shape index (κ1) is 15.2. The highest BCUT2D eigenvalue weighted by molar-refractivity contribution is 5.94. The summed E-state index contributed by atoms with van der Waals surface area (Å²) in [4.78, 5) is 34.2. The van der Waals surface area contributed by atoms with E-state index in [0.29, 0.717) is 5.92 Å². The summed E-state index contributed by atoms with van der Waals surface area (Å²) in [6.07, 6.45) is 5.90. The predicted molar refractivity (Wildman–Crippen MR) is 81.5 cm³/mol. The molecule has 1 saturated carbocycles. The zero-order valence-corrected chi connectivity index (χ0v) is 12.3. The Morgan fingerprint density at radius 2 is 2.04 bits per heavy atom. The summed E-state index contributed by atoms with van der Waals surface area (Å²) in [5, 5.41) is 13.3. The molecular formula is C16H16N2O5. The van der Waals surface area contributed by atoms with Gasteiger partial charge in [0, 0.05) is 6.07 Å². The smallest absolute Gasteiger partial charge is 0.310 e. The molecule has 3 rings (SSSR count). The van der Waals surface area contributed by atoms with Crippen LogP contribution in [0.1, 0.15) is 12.8 Å². The van der Waals surface area contributed by atoms with Gasteiger partial charge in [0.2, 0.25) is 0 Å². The molecule has 0 aromatic heterocycles. The van der Waals surface area contributed by atoms with E-state index >= 15 is 0 Å². The minimum absolute atomic E-state index is 0.0846. The summed E-state index contributed by atoms with van der Waals surface area (Å²) >= 11 is 0. The SMILES string of the molecule is O=C(COC(=O)[C@@H]1C[C@@H]2C=C[C@H]1C2)Nc1ccccc1[N+](=O)[O-]. The molecule has 120 valence electrons. The molecule has 0 unspecified atom stereocenters. The Labute approximate surface area is 132 Å². The van der Waals surface area contributed by atoms with Crippen molar-refractivity contribution < 1.29 is 19.2 Å². The first-order valence-electron chi connectivity index (χ1n) is 7.43. The largest absolute Gasteiger partial charge is 0.455 e. The maximum atomic E-state index is 12.0. The lowest BCUT2D eigenvalue weighted by molar-refractivity contribution is -0.383. The number of nitro benzene ring substituents is 1. The zero-order valence-electron chi connectivity index (χ0n) is 12.3. The number of benzene rings is 1. The van der Waals surface area contributed by atoms with Crippen LogP contribution in [0.25, 0.3) is 0 Å². The molecule has 0 saturated heterocycles. The van der Waals surface area contributed by atoms with Gasteiger partial charge in [0.25, 0.3) is 11.6 Å². The van der Waals surface area contributed by atoms with Gasteiger partial charge in [0.1, 0.15) is 5.69 Å². The number of hydrogen-bond acceptors (Lipinski definition) is 5. The van der Waals surface area contributed by atoms with Gasteiger partial charge in [-0.2, -0.15) is 0 Å². The average molecular weight is 316 g/mol. The number of hydrogen-bond donors (Lipinski definition) is 1. The van der Waals surface area contributed by atoms with Crippen molar-refractivity contribution in [2.24, 2.45) is 17.8 Å². The minimum atomic E-state index is -0.591. The molecular weight excluding hydrogens is 300 g/mol. The first-order valence-corrected chi connectivity index (χ1v) is 7.43. The number of para-hydroxylation sites is 2. The van der Waals surface area contributed by atoms with Crippen LogP contribution in [0.4, 0.5) is 11.4 Å². The molecule has 2 bridgehead atoms. The number of amides is 1. The normalized spacial score (nSPS) is 24.4. The van der Waals surface area contributed by atoms with Crippen molar-refractivity contribution in [3.8, 4) is 0 Å². The van der Waals surface area contributed by atoms with Crippen LogP contribution in [0.2, 0.25) is 0 Å². The van der Waals surface area contributed by atoms with Crippen molar-refractivity contribution in [1.29, 1.82) is 0 Å². The molecule has 1 fully saturated rings. The molecule has 3 atom stereocenters. The summed E-state index contributed by atoms with van der Waals surface area (Å²) in [6.45, 7) is -0.442. The van der Waals surface area contributed by atoms with Gasteiger partial charge in [-0.3, -0.25) is 19.7 Å². The second-order valence-corrected chi connectivity index (χ2v) is 5.82. The molecule has 1 aromatic carbocycles. The Bertz CT molecular complexity index is 685. The summed E-state index contributed by atoms with van der Waals surface area (Å²) < 4.78 is 5.06. The van der Waals surface area contributed by atoms with E-state index in [1.165, 1.54) is 18.2 Å². The number of nitrogens with zero attached hydrogens (tertiary/aromatic N) is 1. The highest BCUT2D eigenvalue weighted by Crippen LogP contribution is 2.43. The lowest BCUT2D eigenvalue weighted by Gasteiger charge is -2.16. The number of nitrogens with one attached hydrogen (secondary N) is 1. The fraction of sp³-hybridized carbons (Fsp3) is 0.375. The standard InChI is InChI=1S/C16H16N2O5/c19-15(17-13-3-1-2-4-14(13)18(21)22)9-23-16(20)12-8-10-5-6-11(12)7-10/h1-6,10-12H,7-9H2,(H,17,19)/t10-,11+,12-/m1/s1. The topological polar surface area (TPSA) is 98.5 Å². The Kier molecular flexibility index (Phi) is 4.10. The molecule has 1 amide bonds. The quantitative estimate of drug-likeness (QED) is 0.389. The molecule has 7 nitrogen and oxygen atoms in total. The van der Waals surface area contributed by atoms with Crippen LogP contribution in [0.15, 0.2) is 36.4 Å². The highest BCUT2D eigenvalue weighted by atomic mass is 16.6. The highest BCUT2D eigenvalue weighted by Gasteiger charge is 2.40. The summed E-state index contributed by atoms with van der Waals surface area (Å²) in [5.74, 6) is -0.487. The van der Waals surface area contributed by atoms with E-state index in [2.05, 4.69) is 11.4 Å². The Hall–Kier alpha value is -2.70. The minimum Gasteiger partial charge on any atom is -0.455 e. The molecule has 2 aliphatic carbocycles. The fourth-order valence-corrected chi connectivity index (χ4v) is 3.22. The summed E-state index contributed by atoms with van der Waals surface area (Å²) in [5.41, 5.74) is -0.119. The lowest BCUT2D eigenvalue weighted by atomic mass is 9.94. The fourth-order valence-electron chi connectivity index (χ4n) is 3.22. The second kappa shape index (κ2) is 6.20. The number of esters is 1. The third-order valence-electron chi connectivity index (χ3n) is 4.30. The van der Waals surface area contributed by atoms with Crippen LogP contribution < -0.4 is 5.32 Å². The monoisotopic (exact) mass is 316 g/mol. The Balaban J connectivity index is 1.53.